The maximum Gasteiger partial charge on any atom is 0.164 e. The van der Waals surface area contributed by atoms with Gasteiger partial charge in [-0.05, 0) is 6.07 Å². The number of halogens is 1. The molecule has 47 valence electrons. The minimum Gasteiger partial charge on any atom is -0.508 e. The van der Waals surface area contributed by atoms with Gasteiger partial charge in [-0.2, -0.15) is 0 Å². The highest BCUT2D eigenvalue weighted by atomic mass is 19.1. The number of hydrogen-bond donors (Lipinski definition) is 1. The number of hydrogen-bond acceptors (Lipinski definition) is 1. The summed E-state index contributed by atoms with van der Waals surface area (Å²) >= 11 is 0. The standard InChI is InChI=1S/C7H6FO/c8-5-6-3-1-2-4-7(6)9/h1-5,9H. The first-order valence-corrected chi connectivity index (χ1v) is 2.56. The molecule has 0 spiro atoms. The van der Waals surface area contributed by atoms with Crippen molar-refractivity contribution in [2.75, 3.05) is 0 Å². The molecule has 0 atom stereocenters. The van der Waals surface area contributed by atoms with E-state index >= 15 is 0 Å². The van der Waals surface area contributed by atoms with E-state index in [4.69, 9.17) is 5.11 Å². The second-order valence-corrected chi connectivity index (χ2v) is 1.67. The van der Waals surface area contributed by atoms with Crippen LogP contribution in [0, 0.1) is 6.67 Å². The minimum absolute atomic E-state index is 0.0278. The third kappa shape index (κ3) is 1.19. The Balaban J connectivity index is 3.01. The van der Waals surface area contributed by atoms with Crippen molar-refractivity contribution in [1.82, 2.24) is 0 Å². The molecule has 1 N–H and O–H groups in total. The van der Waals surface area contributed by atoms with Gasteiger partial charge in [0, 0.05) is 5.56 Å². The zero-order valence-corrected chi connectivity index (χ0v) is 4.71. The number of phenolic OH excluding ortho intramolecular Hbond substituents is 1. The molecule has 1 rings (SSSR count). The van der Waals surface area contributed by atoms with Crippen molar-refractivity contribution in [3.8, 4) is 5.75 Å². The van der Waals surface area contributed by atoms with Crippen LogP contribution in [-0.2, 0) is 0 Å². The smallest absolute Gasteiger partial charge is 0.164 e. The molecule has 0 fully saturated rings. The molecule has 0 aliphatic carbocycles. The zero-order valence-electron chi connectivity index (χ0n) is 4.71. The average molecular weight is 125 g/mol. The molecule has 0 saturated carbocycles. The van der Waals surface area contributed by atoms with Crippen LogP contribution in [0.5, 0.6) is 5.75 Å². The lowest BCUT2D eigenvalue weighted by Gasteiger charge is -1.94. The number of para-hydroxylation sites is 1. The van der Waals surface area contributed by atoms with Gasteiger partial charge in [0.05, 0.1) is 0 Å². The Hall–Kier alpha value is -1.05. The van der Waals surface area contributed by atoms with E-state index < -0.39 is 0 Å². The van der Waals surface area contributed by atoms with Crippen molar-refractivity contribution in [1.29, 1.82) is 0 Å². The molecule has 1 aromatic carbocycles. The van der Waals surface area contributed by atoms with E-state index in [0.29, 0.717) is 6.67 Å². The van der Waals surface area contributed by atoms with E-state index in [9.17, 15) is 4.39 Å². The molecule has 2 heteroatoms. The molecule has 1 nitrogen and oxygen atoms in total. The van der Waals surface area contributed by atoms with Crippen molar-refractivity contribution in [3.05, 3.63) is 36.5 Å². The lowest BCUT2D eigenvalue weighted by Crippen LogP contribution is -1.74. The van der Waals surface area contributed by atoms with E-state index in [1.165, 1.54) is 12.1 Å². The predicted molar refractivity (Wildman–Crippen MR) is 32.6 cm³/mol. The Bertz CT molecular complexity index is 198. The van der Waals surface area contributed by atoms with Crippen LogP contribution in [0.1, 0.15) is 5.56 Å². The maximum atomic E-state index is 11.7. The molecule has 0 saturated heterocycles. The van der Waals surface area contributed by atoms with Gasteiger partial charge in [0.15, 0.2) is 6.67 Å². The van der Waals surface area contributed by atoms with Crippen LogP contribution in [0.15, 0.2) is 24.3 Å². The first kappa shape index (κ1) is 6.08. The molecule has 0 heterocycles. The Morgan fingerprint density at radius 3 is 2.44 bits per heavy atom. The van der Waals surface area contributed by atoms with Crippen LogP contribution in [0.3, 0.4) is 0 Å². The van der Waals surface area contributed by atoms with Gasteiger partial charge in [-0.3, -0.25) is 0 Å². The second-order valence-electron chi connectivity index (χ2n) is 1.67. The SMILES string of the molecule is Oc1ccccc1[CH]F. The van der Waals surface area contributed by atoms with Crippen LogP contribution >= 0.6 is 0 Å². The predicted octanol–water partition coefficient (Wildman–Crippen LogP) is 1.87. The van der Waals surface area contributed by atoms with Crippen LogP contribution < -0.4 is 0 Å². The van der Waals surface area contributed by atoms with Crippen molar-refractivity contribution >= 4 is 0 Å². The van der Waals surface area contributed by atoms with Crippen LogP contribution in [0.2, 0.25) is 0 Å². The fraction of sp³-hybridized carbons (Fsp3) is 0. The Morgan fingerprint density at radius 2 is 2.00 bits per heavy atom. The summed E-state index contributed by atoms with van der Waals surface area (Å²) in [6.45, 7) is 0.370. The molecule has 0 aliphatic heterocycles. The first-order chi connectivity index (χ1) is 4.34. The van der Waals surface area contributed by atoms with E-state index in [1.807, 2.05) is 0 Å². The number of phenols is 1. The molecule has 0 amide bonds. The number of benzene rings is 1. The van der Waals surface area contributed by atoms with Gasteiger partial charge >= 0.3 is 0 Å². The van der Waals surface area contributed by atoms with Gasteiger partial charge < -0.3 is 5.11 Å². The van der Waals surface area contributed by atoms with Crippen LogP contribution in [0.4, 0.5) is 4.39 Å². The monoisotopic (exact) mass is 125 g/mol. The van der Waals surface area contributed by atoms with Crippen molar-refractivity contribution in [3.63, 3.8) is 0 Å². The topological polar surface area (TPSA) is 20.2 Å². The van der Waals surface area contributed by atoms with E-state index in [0.717, 1.165) is 0 Å². The normalized spacial score (nSPS) is 9.44. The van der Waals surface area contributed by atoms with E-state index in [-0.39, 0.29) is 11.3 Å². The number of aromatic hydroxyl groups is 1. The van der Waals surface area contributed by atoms with Crippen LogP contribution in [-0.4, -0.2) is 5.11 Å². The lowest BCUT2D eigenvalue weighted by atomic mass is 10.2. The fourth-order valence-electron chi connectivity index (χ4n) is 0.580. The summed E-state index contributed by atoms with van der Waals surface area (Å²) in [7, 11) is 0. The summed E-state index contributed by atoms with van der Waals surface area (Å²) < 4.78 is 11.7. The van der Waals surface area contributed by atoms with Gasteiger partial charge in [0.25, 0.3) is 0 Å². The highest BCUT2D eigenvalue weighted by molar-refractivity contribution is 5.35. The molecular formula is C7H6FO. The molecule has 0 unspecified atom stereocenters. The molecule has 1 radical (unpaired) electrons. The van der Waals surface area contributed by atoms with Crippen molar-refractivity contribution in [2.24, 2.45) is 0 Å². The number of rotatable bonds is 1. The summed E-state index contributed by atoms with van der Waals surface area (Å²) in [6.07, 6.45) is 0. The summed E-state index contributed by atoms with van der Waals surface area (Å²) in [5.74, 6) is -0.0278. The van der Waals surface area contributed by atoms with E-state index in [2.05, 4.69) is 0 Å². The van der Waals surface area contributed by atoms with Gasteiger partial charge in [-0.15, -0.1) is 0 Å². The summed E-state index contributed by atoms with van der Waals surface area (Å²) in [6, 6.07) is 6.23. The minimum atomic E-state index is -0.0278. The second kappa shape index (κ2) is 2.49. The molecule has 0 aromatic heterocycles. The van der Waals surface area contributed by atoms with Gasteiger partial charge in [0.1, 0.15) is 5.75 Å². The average Bonchev–Trinajstić information content (AvgIpc) is 1.89. The summed E-state index contributed by atoms with van der Waals surface area (Å²) in [4.78, 5) is 0. The Kier molecular flexibility index (Phi) is 1.68. The molecule has 9 heavy (non-hydrogen) atoms. The van der Waals surface area contributed by atoms with Crippen molar-refractivity contribution < 1.29 is 9.50 Å². The van der Waals surface area contributed by atoms with Crippen molar-refractivity contribution in [2.45, 2.75) is 0 Å². The summed E-state index contributed by atoms with van der Waals surface area (Å²) in [5.41, 5.74) is 0.220. The third-order valence-electron chi connectivity index (χ3n) is 1.05. The lowest BCUT2D eigenvalue weighted by molar-refractivity contribution is 0.466. The van der Waals surface area contributed by atoms with Gasteiger partial charge in [-0.25, -0.2) is 4.39 Å². The third-order valence-corrected chi connectivity index (χ3v) is 1.05. The highest BCUT2D eigenvalue weighted by Gasteiger charge is 1.95. The molecule has 1 aromatic rings. The summed E-state index contributed by atoms with van der Waals surface area (Å²) in [5, 5.41) is 8.84. The van der Waals surface area contributed by atoms with E-state index in [1.54, 1.807) is 12.1 Å². The fourth-order valence-corrected chi connectivity index (χ4v) is 0.580. The quantitative estimate of drug-likeness (QED) is 0.607. The van der Waals surface area contributed by atoms with Gasteiger partial charge in [0.2, 0.25) is 0 Å². The zero-order chi connectivity index (χ0) is 6.69. The molecule has 0 bridgehead atoms. The molecule has 0 aliphatic rings. The molecular weight excluding hydrogens is 119 g/mol. The maximum absolute atomic E-state index is 11.7. The largest absolute Gasteiger partial charge is 0.508 e. The van der Waals surface area contributed by atoms with Gasteiger partial charge in [-0.1, -0.05) is 18.2 Å². The van der Waals surface area contributed by atoms with Crippen LogP contribution in [0.25, 0.3) is 0 Å². The highest BCUT2D eigenvalue weighted by Crippen LogP contribution is 2.16. The first-order valence-electron chi connectivity index (χ1n) is 2.56. The Labute approximate surface area is 52.8 Å². The Morgan fingerprint density at radius 1 is 1.33 bits per heavy atom.